The Hall–Kier alpha value is -1.59. The van der Waals surface area contributed by atoms with Gasteiger partial charge in [0.05, 0.1) is 21.3 Å². The number of likely N-dealkylation sites (tertiary alicyclic amines) is 1. The highest BCUT2D eigenvalue weighted by atomic mass is 35.5. The molecule has 1 aromatic rings. The molecule has 0 spiro atoms. The van der Waals surface area contributed by atoms with Crippen LogP contribution in [0.5, 0.6) is 0 Å². The smallest absolute Gasteiger partial charge is 0.377 e. The van der Waals surface area contributed by atoms with Crippen LogP contribution in [0, 0.1) is 10.1 Å². The molecule has 0 aliphatic carbocycles. The Morgan fingerprint density at radius 1 is 1.33 bits per heavy atom. The quantitative estimate of drug-likeness (QED) is 0.551. The number of nitrogens with zero attached hydrogens (tertiary/aromatic N) is 2. The van der Waals surface area contributed by atoms with E-state index in [0.717, 1.165) is 12.3 Å². The Morgan fingerprint density at radius 2 is 1.93 bits per heavy atom. The molecule has 0 amide bonds. The molecule has 1 N–H and O–H groups in total. The maximum absolute atomic E-state index is 12.9. The normalized spacial score (nSPS) is 17.1. The third-order valence-corrected chi connectivity index (χ3v) is 5.55. The Kier molecular flexibility index (Phi) is 6.59. The Labute approximate surface area is 159 Å². The maximum Gasteiger partial charge on any atom is 0.418 e. The maximum atomic E-state index is 12.9. The largest absolute Gasteiger partial charge is 0.418 e. The van der Waals surface area contributed by atoms with Crippen LogP contribution in [0.2, 0.25) is 5.02 Å². The second kappa shape index (κ2) is 8.19. The summed E-state index contributed by atoms with van der Waals surface area (Å²) in [5.41, 5.74) is -2.00. The number of nitrogens with one attached hydrogen (secondary N) is 1. The zero-order valence-corrected chi connectivity index (χ0v) is 16.0. The van der Waals surface area contributed by atoms with E-state index < -0.39 is 37.2 Å². The molecule has 1 heterocycles. The van der Waals surface area contributed by atoms with Crippen molar-refractivity contribution in [1.29, 1.82) is 0 Å². The summed E-state index contributed by atoms with van der Waals surface area (Å²) in [7, 11) is -3.06. The summed E-state index contributed by atoms with van der Waals surface area (Å²) in [4.78, 5) is 12.3. The van der Waals surface area contributed by atoms with Crippen molar-refractivity contribution in [2.75, 3.05) is 37.0 Å². The van der Waals surface area contributed by atoms with Crippen LogP contribution in [0.25, 0.3) is 0 Å². The molecule has 0 unspecified atom stereocenters. The van der Waals surface area contributed by atoms with Gasteiger partial charge in [0.25, 0.3) is 5.69 Å². The average molecular weight is 430 g/mol. The zero-order chi connectivity index (χ0) is 20.4. The van der Waals surface area contributed by atoms with Crippen molar-refractivity contribution in [3.63, 3.8) is 0 Å². The molecular formula is C15H19ClF3N3O4S. The number of hydrogen-bond acceptors (Lipinski definition) is 6. The van der Waals surface area contributed by atoms with Crippen LogP contribution in [-0.4, -0.2) is 55.9 Å². The highest BCUT2D eigenvalue weighted by molar-refractivity contribution is 7.90. The van der Waals surface area contributed by atoms with Crippen LogP contribution in [0.3, 0.4) is 0 Å². The minimum absolute atomic E-state index is 0.0467. The lowest BCUT2D eigenvalue weighted by molar-refractivity contribution is -0.384. The number of nitro groups is 1. The molecule has 0 saturated carbocycles. The van der Waals surface area contributed by atoms with E-state index in [1.807, 2.05) is 4.90 Å². The van der Waals surface area contributed by atoms with Crippen molar-refractivity contribution in [2.45, 2.75) is 25.1 Å². The summed E-state index contributed by atoms with van der Waals surface area (Å²) in [5, 5.41) is 13.5. The Bertz CT molecular complexity index is 809. The Balaban J connectivity index is 2.08. The van der Waals surface area contributed by atoms with Gasteiger partial charge >= 0.3 is 6.18 Å². The lowest BCUT2D eigenvalue weighted by Crippen LogP contribution is -2.41. The minimum Gasteiger partial charge on any atom is -0.377 e. The first-order chi connectivity index (χ1) is 12.4. The molecule has 152 valence electrons. The number of anilines is 1. The lowest BCUT2D eigenvalue weighted by Gasteiger charge is -2.32. The van der Waals surface area contributed by atoms with Crippen molar-refractivity contribution in [3.05, 3.63) is 32.8 Å². The summed E-state index contributed by atoms with van der Waals surface area (Å²) < 4.78 is 61.1. The van der Waals surface area contributed by atoms with Crippen molar-refractivity contribution < 1.29 is 26.5 Å². The van der Waals surface area contributed by atoms with Crippen molar-refractivity contribution in [1.82, 2.24) is 4.90 Å². The molecule has 0 bridgehead atoms. The molecule has 27 heavy (non-hydrogen) atoms. The lowest BCUT2D eigenvalue weighted by atomic mass is 10.0. The molecule has 1 aliphatic heterocycles. The fourth-order valence-corrected chi connectivity index (χ4v) is 3.72. The third-order valence-electron chi connectivity index (χ3n) is 4.31. The van der Waals surface area contributed by atoms with Crippen LogP contribution >= 0.6 is 11.6 Å². The number of nitro benzene ring substituents is 1. The van der Waals surface area contributed by atoms with Gasteiger partial charge in [0, 0.05) is 38.0 Å². The third kappa shape index (κ3) is 6.22. The molecule has 0 radical (unpaired) electrons. The summed E-state index contributed by atoms with van der Waals surface area (Å²) in [6.07, 6.45) is -2.49. The van der Waals surface area contributed by atoms with E-state index in [4.69, 9.17) is 11.6 Å². The fraction of sp³-hybridized carbons (Fsp3) is 0.600. The Morgan fingerprint density at radius 3 is 2.41 bits per heavy atom. The minimum atomic E-state index is -4.79. The molecule has 1 aromatic carbocycles. The van der Waals surface area contributed by atoms with Gasteiger partial charge in [-0.2, -0.15) is 13.2 Å². The molecule has 12 heteroatoms. The van der Waals surface area contributed by atoms with Gasteiger partial charge in [0.1, 0.15) is 15.5 Å². The molecular weight excluding hydrogens is 411 g/mol. The topological polar surface area (TPSA) is 92.6 Å². The number of piperidine rings is 1. The SMILES string of the molecule is CS(=O)(=O)CCN1CCC(Nc2cc(Cl)c(C(F)(F)F)cc2[N+](=O)[O-])CC1. The molecule has 0 aromatic heterocycles. The predicted octanol–water partition coefficient (Wildman–Crippen LogP) is 3.19. The van der Waals surface area contributed by atoms with Crippen LogP contribution < -0.4 is 5.32 Å². The zero-order valence-electron chi connectivity index (χ0n) is 14.4. The van der Waals surface area contributed by atoms with Gasteiger partial charge in [0.15, 0.2) is 0 Å². The molecule has 7 nitrogen and oxygen atoms in total. The summed E-state index contributed by atoms with van der Waals surface area (Å²) in [5.74, 6) is 0.0467. The highest BCUT2D eigenvalue weighted by Gasteiger charge is 2.36. The molecule has 1 fully saturated rings. The second-order valence-electron chi connectivity index (χ2n) is 6.49. The van der Waals surface area contributed by atoms with Crippen molar-refractivity contribution >= 4 is 32.8 Å². The van der Waals surface area contributed by atoms with Gasteiger partial charge in [-0.25, -0.2) is 8.42 Å². The van der Waals surface area contributed by atoms with Gasteiger partial charge in [-0.1, -0.05) is 11.6 Å². The van der Waals surface area contributed by atoms with Crippen molar-refractivity contribution in [3.8, 4) is 0 Å². The van der Waals surface area contributed by atoms with E-state index in [-0.39, 0.29) is 17.5 Å². The monoisotopic (exact) mass is 429 g/mol. The molecule has 1 saturated heterocycles. The number of benzene rings is 1. The van der Waals surface area contributed by atoms with E-state index in [1.165, 1.54) is 0 Å². The first-order valence-electron chi connectivity index (χ1n) is 8.08. The van der Waals surface area contributed by atoms with E-state index >= 15 is 0 Å². The number of alkyl halides is 3. The molecule has 2 rings (SSSR count). The van der Waals surface area contributed by atoms with E-state index in [2.05, 4.69) is 5.32 Å². The summed E-state index contributed by atoms with van der Waals surface area (Å²) in [6, 6.07) is 1.18. The number of sulfone groups is 1. The van der Waals surface area contributed by atoms with Crippen LogP contribution in [-0.2, 0) is 16.0 Å². The van der Waals surface area contributed by atoms with Gasteiger partial charge in [-0.3, -0.25) is 10.1 Å². The highest BCUT2D eigenvalue weighted by Crippen LogP contribution is 2.40. The van der Waals surface area contributed by atoms with Crippen LogP contribution in [0.4, 0.5) is 24.5 Å². The van der Waals surface area contributed by atoms with Gasteiger partial charge < -0.3 is 10.2 Å². The second-order valence-corrected chi connectivity index (χ2v) is 9.16. The van der Waals surface area contributed by atoms with E-state index in [9.17, 15) is 31.7 Å². The van der Waals surface area contributed by atoms with Gasteiger partial charge in [-0.05, 0) is 18.9 Å². The van der Waals surface area contributed by atoms with E-state index in [0.29, 0.717) is 38.5 Å². The summed E-state index contributed by atoms with van der Waals surface area (Å²) >= 11 is 5.67. The number of halogens is 4. The predicted molar refractivity (Wildman–Crippen MR) is 95.9 cm³/mol. The van der Waals surface area contributed by atoms with Gasteiger partial charge in [-0.15, -0.1) is 0 Å². The molecule has 0 atom stereocenters. The van der Waals surface area contributed by atoms with Gasteiger partial charge in [0.2, 0.25) is 0 Å². The molecule has 1 aliphatic rings. The number of rotatable bonds is 6. The first kappa shape index (κ1) is 21.7. The standard InChI is InChI=1S/C15H19ClF3N3O4S/c1-27(25,26)7-6-21-4-2-10(3-5-21)20-13-9-12(16)11(15(17,18)19)8-14(13)22(23)24/h8-10,20H,2-7H2,1H3. The number of hydrogen-bond donors (Lipinski definition) is 1. The van der Waals surface area contributed by atoms with Crippen molar-refractivity contribution in [2.24, 2.45) is 0 Å². The van der Waals surface area contributed by atoms with E-state index in [1.54, 1.807) is 0 Å². The average Bonchev–Trinajstić information content (AvgIpc) is 2.52. The first-order valence-corrected chi connectivity index (χ1v) is 10.5. The summed E-state index contributed by atoms with van der Waals surface area (Å²) in [6.45, 7) is 1.56. The van der Waals surface area contributed by atoms with Crippen LogP contribution in [0.1, 0.15) is 18.4 Å². The fourth-order valence-electron chi connectivity index (χ4n) is 2.86. The van der Waals surface area contributed by atoms with Crippen LogP contribution in [0.15, 0.2) is 12.1 Å².